The third-order valence-corrected chi connectivity index (χ3v) is 4.21. The molecule has 0 radical (unpaired) electrons. The van der Waals surface area contributed by atoms with Crippen LogP contribution in [-0.2, 0) is 4.79 Å². The van der Waals surface area contributed by atoms with E-state index >= 15 is 0 Å². The summed E-state index contributed by atoms with van der Waals surface area (Å²) in [7, 11) is 0. The fraction of sp³-hybridized carbons (Fsp3) is 0.222. The molecule has 1 aliphatic rings. The molecule has 1 aliphatic heterocycles. The highest BCUT2D eigenvalue weighted by molar-refractivity contribution is 5.94. The van der Waals surface area contributed by atoms with E-state index in [0.29, 0.717) is 30.6 Å². The van der Waals surface area contributed by atoms with E-state index in [4.69, 9.17) is 5.73 Å². The number of carbonyl (C=O) groups excluding carboxylic acids is 2. The summed E-state index contributed by atoms with van der Waals surface area (Å²) in [5.74, 6) is -1.91. The predicted octanol–water partition coefficient (Wildman–Crippen LogP) is 3.11. The van der Waals surface area contributed by atoms with Crippen LogP contribution in [0.5, 0.6) is 0 Å². The van der Waals surface area contributed by atoms with E-state index in [1.807, 2.05) is 0 Å². The van der Waals surface area contributed by atoms with Crippen LogP contribution in [0.2, 0.25) is 0 Å². The zero-order valence-electron chi connectivity index (χ0n) is 13.3. The minimum absolute atomic E-state index is 0.158. The second kappa shape index (κ2) is 6.88. The SMILES string of the molecule is NC(=O)[C@H]1CCCN1C(=O)Nc1cccc(-c2c(F)cccc2F)c1. The van der Waals surface area contributed by atoms with Crippen LogP contribution in [0.3, 0.4) is 0 Å². The number of amides is 3. The Hall–Kier alpha value is -2.96. The quantitative estimate of drug-likeness (QED) is 0.897. The highest BCUT2D eigenvalue weighted by Crippen LogP contribution is 2.28. The number of benzene rings is 2. The zero-order chi connectivity index (χ0) is 18.0. The zero-order valence-corrected chi connectivity index (χ0v) is 13.3. The number of urea groups is 1. The van der Waals surface area contributed by atoms with Crippen LogP contribution in [0.15, 0.2) is 42.5 Å². The van der Waals surface area contributed by atoms with Crippen LogP contribution in [0.1, 0.15) is 12.8 Å². The predicted molar refractivity (Wildman–Crippen MR) is 89.7 cm³/mol. The molecule has 2 aromatic rings. The van der Waals surface area contributed by atoms with Crippen LogP contribution in [0.25, 0.3) is 11.1 Å². The molecular formula is C18H17F2N3O2. The van der Waals surface area contributed by atoms with Crippen molar-refractivity contribution in [3.05, 3.63) is 54.1 Å². The summed E-state index contributed by atoms with van der Waals surface area (Å²) in [6, 6.07) is 8.77. The first-order chi connectivity index (χ1) is 12.0. The van der Waals surface area contributed by atoms with Crippen molar-refractivity contribution in [1.29, 1.82) is 0 Å². The number of primary amides is 1. The molecule has 1 saturated heterocycles. The van der Waals surface area contributed by atoms with Gasteiger partial charge in [0.25, 0.3) is 0 Å². The van der Waals surface area contributed by atoms with Crippen LogP contribution in [0, 0.1) is 11.6 Å². The normalized spacial score (nSPS) is 16.7. The van der Waals surface area contributed by atoms with Crippen LogP contribution in [-0.4, -0.2) is 29.4 Å². The van der Waals surface area contributed by atoms with Gasteiger partial charge in [-0.3, -0.25) is 4.79 Å². The van der Waals surface area contributed by atoms with Crippen molar-refractivity contribution in [3.8, 4) is 11.1 Å². The molecule has 3 amide bonds. The lowest BCUT2D eigenvalue weighted by Crippen LogP contribution is -2.45. The monoisotopic (exact) mass is 345 g/mol. The Morgan fingerprint density at radius 3 is 2.48 bits per heavy atom. The molecule has 2 aromatic carbocycles. The molecule has 5 nitrogen and oxygen atoms in total. The molecular weight excluding hydrogens is 328 g/mol. The molecule has 3 rings (SSSR count). The van der Waals surface area contributed by atoms with Crippen LogP contribution < -0.4 is 11.1 Å². The maximum atomic E-state index is 13.9. The minimum Gasteiger partial charge on any atom is -0.368 e. The van der Waals surface area contributed by atoms with Crippen molar-refractivity contribution >= 4 is 17.6 Å². The molecule has 25 heavy (non-hydrogen) atoms. The maximum absolute atomic E-state index is 13.9. The standard InChI is InChI=1S/C18H17F2N3O2/c19-13-6-2-7-14(20)16(13)11-4-1-5-12(10-11)22-18(25)23-9-3-8-15(23)17(21)24/h1-2,4-7,10,15H,3,8-9H2,(H2,21,24)(H,22,25)/t15-/m1/s1. The summed E-state index contributed by atoms with van der Waals surface area (Å²) in [6.07, 6.45) is 1.23. The summed E-state index contributed by atoms with van der Waals surface area (Å²) in [6.45, 7) is 0.432. The number of halogens is 2. The van der Waals surface area contributed by atoms with E-state index in [0.717, 1.165) is 0 Å². The van der Waals surface area contributed by atoms with Crippen molar-refractivity contribution in [2.24, 2.45) is 5.73 Å². The molecule has 1 heterocycles. The number of nitrogens with one attached hydrogen (secondary N) is 1. The van der Waals surface area contributed by atoms with E-state index in [2.05, 4.69) is 5.32 Å². The molecule has 0 aliphatic carbocycles. The van der Waals surface area contributed by atoms with Gasteiger partial charge in [0.15, 0.2) is 0 Å². The Balaban J connectivity index is 1.83. The minimum atomic E-state index is -0.684. The van der Waals surface area contributed by atoms with Gasteiger partial charge < -0.3 is 16.0 Å². The number of hydrogen-bond acceptors (Lipinski definition) is 2. The number of nitrogens with zero attached hydrogens (tertiary/aromatic N) is 1. The Kier molecular flexibility index (Phi) is 4.65. The van der Waals surface area contributed by atoms with Crippen molar-refractivity contribution in [2.75, 3.05) is 11.9 Å². The molecule has 1 atom stereocenters. The van der Waals surface area contributed by atoms with Crippen molar-refractivity contribution in [2.45, 2.75) is 18.9 Å². The van der Waals surface area contributed by atoms with E-state index in [9.17, 15) is 18.4 Å². The van der Waals surface area contributed by atoms with Gasteiger partial charge in [0, 0.05) is 12.2 Å². The number of carbonyl (C=O) groups is 2. The second-order valence-electron chi connectivity index (χ2n) is 5.86. The largest absolute Gasteiger partial charge is 0.368 e. The van der Waals surface area contributed by atoms with Gasteiger partial charge >= 0.3 is 6.03 Å². The molecule has 7 heteroatoms. The van der Waals surface area contributed by atoms with Crippen molar-refractivity contribution in [1.82, 2.24) is 4.90 Å². The van der Waals surface area contributed by atoms with Crippen LogP contribution >= 0.6 is 0 Å². The molecule has 1 fully saturated rings. The molecule has 0 aromatic heterocycles. The molecule has 0 unspecified atom stereocenters. The van der Waals surface area contributed by atoms with Gasteiger partial charge in [0.05, 0.1) is 5.56 Å². The Morgan fingerprint density at radius 1 is 1.12 bits per heavy atom. The lowest BCUT2D eigenvalue weighted by Gasteiger charge is -2.22. The van der Waals surface area contributed by atoms with E-state index in [-0.39, 0.29) is 5.56 Å². The summed E-state index contributed by atoms with van der Waals surface area (Å²) < 4.78 is 27.9. The molecule has 3 N–H and O–H groups in total. The van der Waals surface area contributed by atoms with Crippen LogP contribution in [0.4, 0.5) is 19.3 Å². The Morgan fingerprint density at radius 2 is 1.80 bits per heavy atom. The Labute approximate surface area is 143 Å². The molecule has 0 saturated carbocycles. The van der Waals surface area contributed by atoms with E-state index in [1.165, 1.54) is 29.2 Å². The maximum Gasteiger partial charge on any atom is 0.322 e. The van der Waals surface area contributed by atoms with Gasteiger partial charge in [-0.05, 0) is 42.7 Å². The topological polar surface area (TPSA) is 75.4 Å². The summed E-state index contributed by atoms with van der Waals surface area (Å²) >= 11 is 0. The average Bonchev–Trinajstić information content (AvgIpc) is 3.05. The van der Waals surface area contributed by atoms with Gasteiger partial charge in [0.2, 0.25) is 5.91 Å². The third kappa shape index (κ3) is 3.45. The number of rotatable bonds is 3. The molecule has 0 bridgehead atoms. The van der Waals surface area contributed by atoms with E-state index < -0.39 is 29.6 Å². The fourth-order valence-electron chi connectivity index (χ4n) is 3.03. The first-order valence-corrected chi connectivity index (χ1v) is 7.89. The van der Waals surface area contributed by atoms with Crippen molar-refractivity contribution in [3.63, 3.8) is 0 Å². The highest BCUT2D eigenvalue weighted by Gasteiger charge is 2.32. The van der Waals surface area contributed by atoms with E-state index in [1.54, 1.807) is 18.2 Å². The molecule has 130 valence electrons. The third-order valence-electron chi connectivity index (χ3n) is 4.21. The highest BCUT2D eigenvalue weighted by atomic mass is 19.1. The summed E-state index contributed by atoms with van der Waals surface area (Å²) in [5, 5.41) is 2.65. The first-order valence-electron chi connectivity index (χ1n) is 7.89. The van der Waals surface area contributed by atoms with Gasteiger partial charge in [0.1, 0.15) is 17.7 Å². The number of hydrogen-bond donors (Lipinski definition) is 2. The van der Waals surface area contributed by atoms with Gasteiger partial charge in [-0.1, -0.05) is 18.2 Å². The number of likely N-dealkylation sites (tertiary alicyclic amines) is 1. The fourth-order valence-corrected chi connectivity index (χ4v) is 3.03. The van der Waals surface area contributed by atoms with Gasteiger partial charge in [-0.2, -0.15) is 0 Å². The van der Waals surface area contributed by atoms with Gasteiger partial charge in [-0.15, -0.1) is 0 Å². The second-order valence-corrected chi connectivity index (χ2v) is 5.86. The smallest absolute Gasteiger partial charge is 0.322 e. The van der Waals surface area contributed by atoms with Gasteiger partial charge in [-0.25, -0.2) is 13.6 Å². The number of anilines is 1. The lowest BCUT2D eigenvalue weighted by molar-refractivity contribution is -0.121. The lowest BCUT2D eigenvalue weighted by atomic mass is 10.0. The average molecular weight is 345 g/mol. The summed E-state index contributed by atoms with van der Waals surface area (Å²) in [4.78, 5) is 25.1. The van der Waals surface area contributed by atoms with Crippen molar-refractivity contribution < 1.29 is 18.4 Å². The molecule has 0 spiro atoms. The number of nitrogens with two attached hydrogens (primary N) is 1. The Bertz CT molecular complexity index is 805. The first kappa shape index (κ1) is 16.9. The summed E-state index contributed by atoms with van der Waals surface area (Å²) in [5.41, 5.74) is 5.83.